The molecular formula is C10H10N4S. The Morgan fingerprint density at radius 1 is 1.53 bits per heavy atom. The van der Waals surface area contributed by atoms with Gasteiger partial charge in [0.15, 0.2) is 5.11 Å². The van der Waals surface area contributed by atoms with E-state index in [1.807, 2.05) is 30.3 Å². The van der Waals surface area contributed by atoms with E-state index < -0.39 is 5.92 Å². The molecular weight excluding hydrogens is 208 g/mol. The van der Waals surface area contributed by atoms with Gasteiger partial charge >= 0.3 is 0 Å². The van der Waals surface area contributed by atoms with Gasteiger partial charge in [0.05, 0.1) is 6.07 Å². The van der Waals surface area contributed by atoms with Gasteiger partial charge in [0.1, 0.15) is 5.92 Å². The van der Waals surface area contributed by atoms with E-state index in [4.69, 9.17) is 11.0 Å². The molecule has 0 saturated carbocycles. The summed E-state index contributed by atoms with van der Waals surface area (Å²) >= 11 is 4.57. The number of benzene rings is 1. The molecule has 0 spiro atoms. The first kappa shape index (κ1) is 11.1. The highest BCUT2D eigenvalue weighted by Crippen LogP contribution is 2.11. The van der Waals surface area contributed by atoms with Gasteiger partial charge in [-0.3, -0.25) is 5.43 Å². The van der Waals surface area contributed by atoms with Crippen LogP contribution in [0.2, 0.25) is 0 Å². The van der Waals surface area contributed by atoms with Crippen LogP contribution in [-0.4, -0.2) is 11.3 Å². The van der Waals surface area contributed by atoms with Crippen LogP contribution in [0.15, 0.2) is 35.4 Å². The number of rotatable bonds is 3. The van der Waals surface area contributed by atoms with Crippen molar-refractivity contribution < 1.29 is 0 Å². The van der Waals surface area contributed by atoms with E-state index in [9.17, 15) is 0 Å². The number of hydrazone groups is 1. The van der Waals surface area contributed by atoms with Crippen LogP contribution in [0, 0.1) is 11.3 Å². The van der Waals surface area contributed by atoms with E-state index in [1.165, 1.54) is 6.21 Å². The van der Waals surface area contributed by atoms with Crippen molar-refractivity contribution in [2.24, 2.45) is 10.8 Å². The quantitative estimate of drug-likeness (QED) is 0.453. The van der Waals surface area contributed by atoms with Gasteiger partial charge in [-0.15, -0.1) is 0 Å². The molecule has 1 aromatic rings. The molecule has 1 unspecified atom stereocenters. The highest BCUT2D eigenvalue weighted by Gasteiger charge is 2.05. The summed E-state index contributed by atoms with van der Waals surface area (Å²) in [5, 5.41) is 12.7. The Bertz CT molecular complexity index is 394. The van der Waals surface area contributed by atoms with Crippen LogP contribution in [0.25, 0.3) is 0 Å². The van der Waals surface area contributed by atoms with E-state index in [-0.39, 0.29) is 5.11 Å². The topological polar surface area (TPSA) is 74.2 Å². The van der Waals surface area contributed by atoms with E-state index in [1.54, 1.807) is 0 Å². The molecule has 0 fully saturated rings. The molecule has 3 N–H and O–H groups in total. The highest BCUT2D eigenvalue weighted by molar-refractivity contribution is 7.80. The van der Waals surface area contributed by atoms with Crippen LogP contribution in [0.5, 0.6) is 0 Å². The fraction of sp³-hybridized carbons (Fsp3) is 0.100. The molecule has 0 aliphatic rings. The monoisotopic (exact) mass is 218 g/mol. The van der Waals surface area contributed by atoms with Gasteiger partial charge in [-0.25, -0.2) is 0 Å². The molecule has 4 nitrogen and oxygen atoms in total. The normalized spacial score (nSPS) is 11.9. The summed E-state index contributed by atoms with van der Waals surface area (Å²) < 4.78 is 0. The van der Waals surface area contributed by atoms with Gasteiger partial charge in [0, 0.05) is 6.21 Å². The zero-order chi connectivity index (χ0) is 11.1. The largest absolute Gasteiger partial charge is 0.375 e. The maximum atomic E-state index is 8.91. The van der Waals surface area contributed by atoms with Crippen LogP contribution >= 0.6 is 12.2 Å². The standard InChI is InChI=1S/C10H10N4S/c11-6-9(7-13-14-10(12)15)8-4-2-1-3-5-8/h1-5,7,9H,(H3,12,14,15). The summed E-state index contributed by atoms with van der Waals surface area (Å²) in [6, 6.07) is 11.5. The van der Waals surface area contributed by atoms with Crippen molar-refractivity contribution in [2.75, 3.05) is 0 Å². The Morgan fingerprint density at radius 3 is 2.73 bits per heavy atom. The smallest absolute Gasteiger partial charge is 0.184 e. The molecule has 5 heteroatoms. The van der Waals surface area contributed by atoms with Crippen molar-refractivity contribution in [3.63, 3.8) is 0 Å². The Hall–Kier alpha value is -1.93. The van der Waals surface area contributed by atoms with Gasteiger partial charge in [0.2, 0.25) is 0 Å². The molecule has 0 aliphatic carbocycles. The van der Waals surface area contributed by atoms with Crippen molar-refractivity contribution in [2.45, 2.75) is 5.92 Å². The number of nitriles is 1. The maximum Gasteiger partial charge on any atom is 0.184 e. The Kier molecular flexibility index (Phi) is 4.26. The van der Waals surface area contributed by atoms with Crippen molar-refractivity contribution >= 4 is 23.5 Å². The van der Waals surface area contributed by atoms with E-state index >= 15 is 0 Å². The van der Waals surface area contributed by atoms with E-state index in [2.05, 4.69) is 28.8 Å². The van der Waals surface area contributed by atoms with Crippen molar-refractivity contribution in [1.82, 2.24) is 5.43 Å². The third-order valence-electron chi connectivity index (χ3n) is 1.70. The van der Waals surface area contributed by atoms with Gasteiger partial charge in [-0.1, -0.05) is 30.3 Å². The molecule has 1 atom stereocenters. The average Bonchev–Trinajstić information content (AvgIpc) is 2.25. The minimum Gasteiger partial charge on any atom is -0.375 e. The molecule has 1 rings (SSSR count). The predicted octanol–water partition coefficient (Wildman–Crippen LogP) is 1.11. The van der Waals surface area contributed by atoms with Crippen molar-refractivity contribution in [1.29, 1.82) is 5.26 Å². The number of hydrogen-bond donors (Lipinski definition) is 2. The second kappa shape index (κ2) is 5.73. The third kappa shape index (κ3) is 3.75. The van der Waals surface area contributed by atoms with Gasteiger partial charge in [-0.2, -0.15) is 10.4 Å². The van der Waals surface area contributed by atoms with Crippen molar-refractivity contribution in [3.05, 3.63) is 35.9 Å². The number of nitrogens with one attached hydrogen (secondary N) is 1. The fourth-order valence-corrected chi connectivity index (χ4v) is 1.08. The summed E-state index contributed by atoms with van der Waals surface area (Å²) in [4.78, 5) is 0. The lowest BCUT2D eigenvalue weighted by Crippen LogP contribution is -2.24. The van der Waals surface area contributed by atoms with Gasteiger partial charge in [-0.05, 0) is 17.8 Å². The van der Waals surface area contributed by atoms with Crippen LogP contribution in [-0.2, 0) is 0 Å². The number of nitrogens with two attached hydrogens (primary N) is 1. The average molecular weight is 218 g/mol. The van der Waals surface area contributed by atoms with Crippen LogP contribution < -0.4 is 11.2 Å². The van der Waals surface area contributed by atoms with E-state index in [0.29, 0.717) is 0 Å². The first-order chi connectivity index (χ1) is 7.24. The van der Waals surface area contributed by atoms with Gasteiger partial charge < -0.3 is 5.73 Å². The molecule has 0 amide bonds. The Labute approximate surface area is 93.4 Å². The number of hydrogen-bond acceptors (Lipinski definition) is 3. The molecule has 0 aromatic heterocycles. The van der Waals surface area contributed by atoms with Crippen LogP contribution in [0.4, 0.5) is 0 Å². The van der Waals surface area contributed by atoms with Crippen molar-refractivity contribution in [3.8, 4) is 6.07 Å². The summed E-state index contributed by atoms with van der Waals surface area (Å²) in [5.41, 5.74) is 8.47. The van der Waals surface area contributed by atoms with Crippen LogP contribution in [0.3, 0.4) is 0 Å². The summed E-state index contributed by atoms with van der Waals surface area (Å²) in [6.45, 7) is 0. The Balaban J connectivity index is 2.70. The first-order valence-electron chi connectivity index (χ1n) is 4.27. The second-order valence-corrected chi connectivity index (χ2v) is 3.21. The van der Waals surface area contributed by atoms with E-state index in [0.717, 1.165) is 5.56 Å². The van der Waals surface area contributed by atoms with Gasteiger partial charge in [0.25, 0.3) is 0 Å². The molecule has 0 heterocycles. The highest BCUT2D eigenvalue weighted by atomic mass is 32.1. The molecule has 0 bridgehead atoms. The lowest BCUT2D eigenvalue weighted by Gasteiger charge is -2.02. The number of nitrogens with zero attached hydrogens (tertiary/aromatic N) is 2. The molecule has 15 heavy (non-hydrogen) atoms. The lowest BCUT2D eigenvalue weighted by molar-refractivity contribution is 1.02. The third-order valence-corrected chi connectivity index (χ3v) is 1.79. The first-order valence-corrected chi connectivity index (χ1v) is 4.68. The molecule has 0 saturated heterocycles. The minimum absolute atomic E-state index is 0.0796. The summed E-state index contributed by atoms with van der Waals surface area (Å²) in [5.74, 6) is -0.395. The summed E-state index contributed by atoms with van der Waals surface area (Å²) in [6.07, 6.45) is 1.47. The molecule has 1 aromatic carbocycles. The Morgan fingerprint density at radius 2 is 2.20 bits per heavy atom. The SMILES string of the molecule is N#CC(C=NNC(N)=S)c1ccccc1. The lowest BCUT2D eigenvalue weighted by atomic mass is 10.0. The maximum absolute atomic E-state index is 8.91. The summed E-state index contributed by atoms with van der Waals surface area (Å²) in [7, 11) is 0. The van der Waals surface area contributed by atoms with Crippen LogP contribution in [0.1, 0.15) is 11.5 Å². The molecule has 0 radical (unpaired) electrons. The fourth-order valence-electron chi connectivity index (χ4n) is 1.03. The predicted molar refractivity (Wildman–Crippen MR) is 63.2 cm³/mol. The minimum atomic E-state index is -0.395. The second-order valence-electron chi connectivity index (χ2n) is 2.77. The zero-order valence-electron chi connectivity index (χ0n) is 7.92. The molecule has 76 valence electrons. The molecule has 0 aliphatic heterocycles. The zero-order valence-corrected chi connectivity index (χ0v) is 8.74. The number of thiocarbonyl (C=S) groups is 1.